The number of likely N-dealkylation sites (tertiary alicyclic amines) is 1. The monoisotopic (exact) mass is 483 g/mol. The van der Waals surface area contributed by atoms with Crippen molar-refractivity contribution in [2.45, 2.75) is 31.7 Å². The van der Waals surface area contributed by atoms with Crippen molar-refractivity contribution >= 4 is 40.0 Å². The Morgan fingerprint density at radius 1 is 1.19 bits per heavy atom. The highest BCUT2D eigenvalue weighted by Gasteiger charge is 2.49. The van der Waals surface area contributed by atoms with E-state index in [-0.39, 0.29) is 37.2 Å². The summed E-state index contributed by atoms with van der Waals surface area (Å²) in [5, 5.41) is 15.8. The number of amides is 3. The Morgan fingerprint density at radius 2 is 1.97 bits per heavy atom. The van der Waals surface area contributed by atoms with Crippen LogP contribution in [-0.2, 0) is 14.4 Å². The maximum Gasteiger partial charge on any atom is 0.314 e. The molecule has 2 fully saturated rings. The predicted molar refractivity (Wildman–Crippen MR) is 133 cm³/mol. The van der Waals surface area contributed by atoms with E-state index in [1.54, 1.807) is 29.6 Å². The second-order valence-corrected chi connectivity index (χ2v) is 9.54. The summed E-state index contributed by atoms with van der Waals surface area (Å²) in [6.07, 6.45) is 6.79. The first kappa shape index (κ1) is 23.2. The number of carbonyl (C=O) groups excluding carboxylic acids is 3. The minimum Gasteiger partial charge on any atom is -0.398 e. The van der Waals surface area contributed by atoms with Gasteiger partial charge in [-0.15, -0.1) is 0 Å². The van der Waals surface area contributed by atoms with Crippen LogP contribution in [0.2, 0.25) is 0 Å². The zero-order chi connectivity index (χ0) is 25.4. The molecule has 10 nitrogen and oxygen atoms in total. The molecule has 36 heavy (non-hydrogen) atoms. The number of anilines is 2. The first-order chi connectivity index (χ1) is 17.3. The number of nitrogens with zero attached hydrogens (tertiary/aromatic N) is 4. The molecule has 1 aliphatic carbocycles. The molecular weight excluding hydrogens is 458 g/mol. The minimum absolute atomic E-state index is 0.00447. The van der Waals surface area contributed by atoms with E-state index in [9.17, 15) is 19.6 Å². The molecule has 1 aliphatic heterocycles. The van der Waals surface area contributed by atoms with E-state index >= 15 is 0 Å². The number of nitrogens with one attached hydrogen (secondary N) is 2. The predicted octanol–water partition coefficient (Wildman–Crippen LogP) is 2.15. The van der Waals surface area contributed by atoms with Crippen LogP contribution in [0.4, 0.5) is 11.5 Å². The van der Waals surface area contributed by atoms with Gasteiger partial charge in [0.1, 0.15) is 5.82 Å². The van der Waals surface area contributed by atoms with Crippen molar-refractivity contribution < 1.29 is 14.4 Å². The Morgan fingerprint density at radius 3 is 2.67 bits per heavy atom. The van der Waals surface area contributed by atoms with Gasteiger partial charge in [-0.3, -0.25) is 19.4 Å². The van der Waals surface area contributed by atoms with Crippen LogP contribution in [-0.4, -0.2) is 51.2 Å². The lowest BCUT2D eigenvalue weighted by Crippen LogP contribution is -2.72. The van der Waals surface area contributed by atoms with Crippen molar-refractivity contribution in [2.24, 2.45) is 5.92 Å². The number of nitrogens with two attached hydrogens (primary N) is 1. The molecule has 2 aliphatic rings. The molecule has 0 radical (unpaired) electrons. The number of benzene rings is 1. The molecular formula is C26H25N7O3. The molecule has 3 heterocycles. The van der Waals surface area contributed by atoms with E-state index in [1.165, 1.54) is 0 Å². The molecule has 0 unspecified atom stereocenters. The fraction of sp³-hybridized carbons (Fsp3) is 0.308. The number of nitrogen functional groups attached to an aromatic ring is 1. The second kappa shape index (κ2) is 8.92. The number of aryl methyl sites for hydroxylation is 1. The first-order valence-corrected chi connectivity index (χ1v) is 11.7. The van der Waals surface area contributed by atoms with Crippen LogP contribution in [0, 0.1) is 24.2 Å². The average molecular weight is 484 g/mol. The lowest BCUT2D eigenvalue weighted by Gasteiger charge is -2.49. The molecule has 10 heteroatoms. The summed E-state index contributed by atoms with van der Waals surface area (Å²) in [5.41, 5.74) is 8.72. The average Bonchev–Trinajstić information content (AvgIpc) is 3.67. The molecule has 3 aromatic rings. The van der Waals surface area contributed by atoms with E-state index in [4.69, 9.17) is 5.73 Å². The van der Waals surface area contributed by atoms with Crippen LogP contribution in [0.5, 0.6) is 0 Å². The van der Waals surface area contributed by atoms with Gasteiger partial charge in [0, 0.05) is 54.2 Å². The summed E-state index contributed by atoms with van der Waals surface area (Å²) in [7, 11) is 0. The first-order valence-electron chi connectivity index (χ1n) is 11.7. The fourth-order valence-electron chi connectivity index (χ4n) is 4.56. The Bertz CT molecular complexity index is 1440. The van der Waals surface area contributed by atoms with Crippen molar-refractivity contribution in [1.82, 2.24) is 20.2 Å². The highest BCUT2D eigenvalue weighted by molar-refractivity contribution is 6.39. The third kappa shape index (κ3) is 4.43. The number of rotatable bonds is 5. The summed E-state index contributed by atoms with van der Waals surface area (Å²) < 4.78 is 0. The lowest BCUT2D eigenvalue weighted by atomic mass is 9.86. The smallest absolute Gasteiger partial charge is 0.314 e. The maximum absolute atomic E-state index is 12.7. The quantitative estimate of drug-likeness (QED) is 0.371. The van der Waals surface area contributed by atoms with Crippen molar-refractivity contribution in [3.05, 3.63) is 48.4 Å². The number of aromatic nitrogens is 2. The van der Waals surface area contributed by atoms with E-state index in [2.05, 4.69) is 20.6 Å². The maximum atomic E-state index is 12.7. The Hall–Kier alpha value is -4.52. The number of hydrogen-bond donors (Lipinski definition) is 3. The van der Waals surface area contributed by atoms with Gasteiger partial charge in [0.2, 0.25) is 5.91 Å². The van der Waals surface area contributed by atoms with Crippen molar-refractivity contribution in [1.29, 1.82) is 5.26 Å². The van der Waals surface area contributed by atoms with Crippen LogP contribution in [0.3, 0.4) is 0 Å². The molecule has 2 aromatic heterocycles. The summed E-state index contributed by atoms with van der Waals surface area (Å²) in [6.45, 7) is 2.42. The normalized spacial score (nSPS) is 16.1. The fourth-order valence-corrected chi connectivity index (χ4v) is 4.56. The molecule has 0 atom stereocenters. The number of fused-ring (bicyclic) bond motifs is 1. The van der Waals surface area contributed by atoms with Gasteiger partial charge < -0.3 is 21.3 Å². The van der Waals surface area contributed by atoms with Gasteiger partial charge >= 0.3 is 11.8 Å². The van der Waals surface area contributed by atoms with E-state index < -0.39 is 17.4 Å². The Balaban J connectivity index is 1.30. The molecule has 1 saturated carbocycles. The zero-order valence-electron chi connectivity index (χ0n) is 19.7. The number of carbonyl (C=O) groups is 3. The second-order valence-electron chi connectivity index (χ2n) is 9.54. The molecule has 5 rings (SSSR count). The van der Waals surface area contributed by atoms with Crippen molar-refractivity contribution in [3.63, 3.8) is 0 Å². The summed E-state index contributed by atoms with van der Waals surface area (Å²) in [5.74, 6) is -1.50. The number of pyridine rings is 2. The standard InChI is InChI=1S/C26H25N7O3/c1-15-4-7-29-11-19(15)17-8-18-10-22(30-12-20(18)21(28)9-17)31-23(34)24(35)32-26(5-6-27)13-33(14-26)25(36)16-2-3-16/h4,7-12,16H,2-3,5,13-14,28H2,1H3,(H,32,35)(H,30,31,34). The summed E-state index contributed by atoms with van der Waals surface area (Å²) in [4.78, 5) is 47.6. The van der Waals surface area contributed by atoms with Crippen LogP contribution in [0.25, 0.3) is 21.9 Å². The molecule has 1 aromatic carbocycles. The van der Waals surface area contributed by atoms with E-state index in [0.717, 1.165) is 34.9 Å². The van der Waals surface area contributed by atoms with Gasteiger partial charge in [-0.05, 0) is 60.5 Å². The number of nitriles is 1. The molecule has 4 N–H and O–H groups in total. The van der Waals surface area contributed by atoms with Gasteiger partial charge in [0.05, 0.1) is 18.0 Å². The van der Waals surface area contributed by atoms with Crippen molar-refractivity contribution in [3.8, 4) is 17.2 Å². The number of hydrogen-bond acceptors (Lipinski definition) is 7. The van der Waals surface area contributed by atoms with Gasteiger partial charge in [-0.2, -0.15) is 5.26 Å². The third-order valence-corrected chi connectivity index (χ3v) is 6.69. The summed E-state index contributed by atoms with van der Waals surface area (Å²) >= 11 is 0. The van der Waals surface area contributed by atoms with Crippen LogP contribution >= 0.6 is 0 Å². The van der Waals surface area contributed by atoms with E-state index in [1.807, 2.05) is 31.2 Å². The highest BCUT2D eigenvalue weighted by atomic mass is 16.2. The Labute approximate surface area is 207 Å². The molecule has 182 valence electrons. The highest BCUT2D eigenvalue weighted by Crippen LogP contribution is 2.35. The molecule has 3 amide bonds. The van der Waals surface area contributed by atoms with Crippen LogP contribution < -0.4 is 16.4 Å². The molecule has 0 bridgehead atoms. The van der Waals surface area contributed by atoms with Gasteiger partial charge in [-0.1, -0.05) is 0 Å². The topological polar surface area (TPSA) is 154 Å². The van der Waals surface area contributed by atoms with Gasteiger partial charge in [0.15, 0.2) is 0 Å². The van der Waals surface area contributed by atoms with Crippen LogP contribution in [0.1, 0.15) is 24.8 Å². The van der Waals surface area contributed by atoms with Crippen molar-refractivity contribution in [2.75, 3.05) is 24.1 Å². The SMILES string of the molecule is Cc1ccncc1-c1cc(N)c2cnc(NC(=O)C(=O)NC3(CC#N)CN(C(=O)C4CC4)C3)cc2c1. The summed E-state index contributed by atoms with van der Waals surface area (Å²) in [6, 6.07) is 9.38. The van der Waals surface area contributed by atoms with Crippen LogP contribution in [0.15, 0.2) is 42.9 Å². The minimum atomic E-state index is -0.921. The largest absolute Gasteiger partial charge is 0.398 e. The van der Waals surface area contributed by atoms with Gasteiger partial charge in [0.25, 0.3) is 0 Å². The third-order valence-electron chi connectivity index (χ3n) is 6.69. The molecule has 1 saturated heterocycles. The van der Waals surface area contributed by atoms with E-state index in [0.29, 0.717) is 11.1 Å². The Kier molecular flexibility index (Phi) is 5.76. The lowest BCUT2D eigenvalue weighted by molar-refractivity contribution is -0.146. The molecule has 0 spiro atoms. The van der Waals surface area contributed by atoms with Gasteiger partial charge in [-0.25, -0.2) is 4.98 Å². The zero-order valence-corrected chi connectivity index (χ0v) is 19.7.